The van der Waals surface area contributed by atoms with Gasteiger partial charge in [0.05, 0.1) is 10.2 Å². The molecule has 1 aliphatic heterocycles. The predicted octanol–water partition coefficient (Wildman–Crippen LogP) is 6.75. The fourth-order valence-electron chi connectivity index (χ4n) is 4.41. The highest BCUT2D eigenvalue weighted by molar-refractivity contribution is 7.19. The number of rotatable bonds is 13. The van der Waals surface area contributed by atoms with Crippen molar-refractivity contribution >= 4 is 44.8 Å². The Bertz CT molecular complexity index is 1230. The van der Waals surface area contributed by atoms with Gasteiger partial charge in [0.1, 0.15) is 5.01 Å². The molecule has 0 fully saturated rings. The zero-order valence-electron chi connectivity index (χ0n) is 22.0. The molecule has 37 heavy (non-hydrogen) atoms. The molecule has 4 rings (SSSR count). The summed E-state index contributed by atoms with van der Waals surface area (Å²) in [5.74, 6) is 0.177. The number of carbonyl (C=O) groups excluding carboxylic acids is 1. The summed E-state index contributed by atoms with van der Waals surface area (Å²) in [6.07, 6.45) is 15.4. The number of hydrogen-bond acceptors (Lipinski definition) is 5. The summed E-state index contributed by atoms with van der Waals surface area (Å²) in [6.45, 7) is 5.94. The first kappa shape index (κ1) is 26.8. The first-order chi connectivity index (χ1) is 18.1. The molecule has 5 nitrogen and oxygen atoms in total. The van der Waals surface area contributed by atoms with Crippen LogP contribution < -0.4 is 10.2 Å². The molecule has 0 atom stereocenters. The van der Waals surface area contributed by atoms with Crippen LogP contribution in [-0.2, 0) is 4.79 Å². The van der Waals surface area contributed by atoms with E-state index in [-0.39, 0.29) is 5.91 Å². The third-order valence-corrected chi connectivity index (χ3v) is 7.67. The minimum absolute atomic E-state index is 0.177. The number of fused-ring (bicyclic) bond motifs is 2. The van der Waals surface area contributed by atoms with Crippen molar-refractivity contribution < 1.29 is 4.79 Å². The first-order valence-corrected chi connectivity index (χ1v) is 14.2. The number of para-hydroxylation sites is 2. The molecule has 3 aromatic rings. The number of hydrogen-bond donors (Lipinski definition) is 1. The summed E-state index contributed by atoms with van der Waals surface area (Å²) in [7, 11) is 2.11. The lowest BCUT2D eigenvalue weighted by molar-refractivity contribution is -0.121. The molecule has 0 aliphatic carbocycles. The number of nitrogens with one attached hydrogen (secondary N) is 1. The molecule has 1 aromatic heterocycles. The molecule has 0 bridgehead atoms. The molecule has 194 valence electrons. The van der Waals surface area contributed by atoms with Crippen LogP contribution in [0.3, 0.4) is 0 Å². The van der Waals surface area contributed by atoms with Crippen LogP contribution in [0.4, 0.5) is 5.69 Å². The number of benzene rings is 2. The average molecular weight is 515 g/mol. The number of thiazole rings is 1. The van der Waals surface area contributed by atoms with Crippen LogP contribution >= 0.6 is 11.3 Å². The van der Waals surface area contributed by atoms with Gasteiger partial charge in [-0.1, -0.05) is 55.8 Å². The third kappa shape index (κ3) is 7.88. The van der Waals surface area contributed by atoms with E-state index in [2.05, 4.69) is 107 Å². The smallest absolute Gasteiger partial charge is 0.219 e. The summed E-state index contributed by atoms with van der Waals surface area (Å²) in [5, 5.41) is 4.07. The molecule has 1 aliphatic rings. The fraction of sp³-hybridized carbons (Fsp3) is 0.355. The lowest BCUT2D eigenvalue weighted by Gasteiger charge is -2.27. The van der Waals surface area contributed by atoms with Crippen molar-refractivity contribution in [3.05, 3.63) is 83.5 Å². The Kier molecular flexibility index (Phi) is 10.1. The van der Waals surface area contributed by atoms with Crippen LogP contribution in [0, 0.1) is 0 Å². The van der Waals surface area contributed by atoms with Crippen LogP contribution in [0.25, 0.3) is 21.9 Å². The molecule has 0 spiro atoms. The number of amides is 1. The SMILES string of the molecule is CCN(C)CCCNC(=O)CCCCCN1C=CC(=CC=Cc2nc3ccccc3s2)c2ccccc21. The number of carbonyl (C=O) groups is 1. The normalized spacial score (nSPS) is 14.2. The maximum Gasteiger partial charge on any atom is 0.219 e. The number of anilines is 1. The van der Waals surface area contributed by atoms with E-state index in [1.165, 1.54) is 21.5 Å². The van der Waals surface area contributed by atoms with E-state index in [4.69, 9.17) is 0 Å². The van der Waals surface area contributed by atoms with E-state index < -0.39 is 0 Å². The van der Waals surface area contributed by atoms with Crippen molar-refractivity contribution in [2.45, 2.75) is 39.0 Å². The van der Waals surface area contributed by atoms with Crippen molar-refractivity contribution in [2.24, 2.45) is 0 Å². The van der Waals surface area contributed by atoms with Crippen molar-refractivity contribution in [2.75, 3.05) is 38.1 Å². The molecule has 0 saturated heterocycles. The zero-order chi connectivity index (χ0) is 25.9. The van der Waals surface area contributed by atoms with Gasteiger partial charge in [0, 0.05) is 37.0 Å². The van der Waals surface area contributed by atoms with Gasteiger partial charge in [0.15, 0.2) is 0 Å². The standard InChI is InChI=1S/C31H38N4OS/c1-3-34(2)22-12-21-32-30(36)18-5-4-10-23-35-24-20-25(26-14-6-8-16-28(26)35)13-11-19-31-33-27-15-7-9-17-29(27)37-31/h6-9,11,13-17,19-20,24H,3-5,10,12,18,21-23H2,1-2H3,(H,32,36). The number of aromatic nitrogens is 1. The van der Waals surface area contributed by atoms with Gasteiger partial charge in [0.25, 0.3) is 0 Å². The molecule has 1 N–H and O–H groups in total. The second kappa shape index (κ2) is 13.9. The Morgan fingerprint density at radius 3 is 2.78 bits per heavy atom. The maximum atomic E-state index is 12.1. The van der Waals surface area contributed by atoms with Gasteiger partial charge >= 0.3 is 0 Å². The monoisotopic (exact) mass is 514 g/mol. The van der Waals surface area contributed by atoms with Gasteiger partial charge in [-0.25, -0.2) is 4.98 Å². The highest BCUT2D eigenvalue weighted by atomic mass is 32.1. The van der Waals surface area contributed by atoms with Gasteiger partial charge in [-0.3, -0.25) is 4.79 Å². The van der Waals surface area contributed by atoms with E-state index in [1.807, 2.05) is 6.07 Å². The van der Waals surface area contributed by atoms with Crippen molar-refractivity contribution in [3.63, 3.8) is 0 Å². The lowest BCUT2D eigenvalue weighted by atomic mass is 9.99. The summed E-state index contributed by atoms with van der Waals surface area (Å²) in [5.41, 5.74) is 4.73. The number of nitrogens with zero attached hydrogens (tertiary/aromatic N) is 3. The Morgan fingerprint density at radius 1 is 1.08 bits per heavy atom. The molecule has 1 amide bonds. The van der Waals surface area contributed by atoms with E-state index in [9.17, 15) is 4.79 Å². The molecule has 0 unspecified atom stereocenters. The van der Waals surface area contributed by atoms with Crippen molar-refractivity contribution in [3.8, 4) is 0 Å². The molecule has 0 radical (unpaired) electrons. The lowest BCUT2D eigenvalue weighted by Crippen LogP contribution is -2.28. The van der Waals surface area contributed by atoms with Gasteiger partial charge in [-0.15, -0.1) is 11.3 Å². The summed E-state index contributed by atoms with van der Waals surface area (Å²) >= 11 is 1.71. The second-order valence-corrected chi connectivity index (χ2v) is 10.5. The molecule has 2 aromatic carbocycles. The zero-order valence-corrected chi connectivity index (χ0v) is 22.8. The van der Waals surface area contributed by atoms with Gasteiger partial charge in [-0.05, 0) is 75.3 Å². The molecular weight excluding hydrogens is 476 g/mol. The van der Waals surface area contributed by atoms with Crippen molar-refractivity contribution in [1.82, 2.24) is 15.2 Å². The fourth-order valence-corrected chi connectivity index (χ4v) is 5.29. The van der Waals surface area contributed by atoms with Crippen LogP contribution in [0.5, 0.6) is 0 Å². The Balaban J connectivity index is 1.24. The van der Waals surface area contributed by atoms with E-state index >= 15 is 0 Å². The Labute approximate surface area is 225 Å². The molecule has 2 heterocycles. The average Bonchev–Trinajstić information content (AvgIpc) is 3.34. The van der Waals surface area contributed by atoms with Crippen LogP contribution in [-0.4, -0.2) is 49.0 Å². The summed E-state index contributed by atoms with van der Waals surface area (Å²) < 4.78 is 1.21. The largest absolute Gasteiger partial charge is 0.356 e. The van der Waals surface area contributed by atoms with Gasteiger partial charge in [-0.2, -0.15) is 0 Å². The van der Waals surface area contributed by atoms with Crippen LogP contribution in [0.2, 0.25) is 0 Å². The highest BCUT2D eigenvalue weighted by Crippen LogP contribution is 2.33. The van der Waals surface area contributed by atoms with E-state index in [0.717, 1.165) is 62.4 Å². The number of unbranched alkanes of at least 4 members (excludes halogenated alkanes) is 2. The van der Waals surface area contributed by atoms with Crippen LogP contribution in [0.1, 0.15) is 49.6 Å². The Hall–Kier alpha value is -3.22. The van der Waals surface area contributed by atoms with Crippen LogP contribution in [0.15, 0.2) is 73.0 Å². The summed E-state index contributed by atoms with van der Waals surface area (Å²) in [4.78, 5) is 21.4. The predicted molar refractivity (Wildman–Crippen MR) is 159 cm³/mol. The number of allylic oxidation sites excluding steroid dienone is 4. The minimum atomic E-state index is 0.177. The first-order valence-electron chi connectivity index (χ1n) is 13.4. The van der Waals surface area contributed by atoms with E-state index in [0.29, 0.717) is 6.42 Å². The summed E-state index contributed by atoms with van der Waals surface area (Å²) in [6, 6.07) is 16.8. The quantitative estimate of drug-likeness (QED) is 0.257. The van der Waals surface area contributed by atoms with E-state index in [1.54, 1.807) is 11.3 Å². The maximum absolute atomic E-state index is 12.1. The van der Waals surface area contributed by atoms with Crippen molar-refractivity contribution in [1.29, 1.82) is 0 Å². The third-order valence-electron chi connectivity index (χ3n) is 6.67. The molecule has 0 saturated carbocycles. The second-order valence-electron chi connectivity index (χ2n) is 9.44. The highest BCUT2D eigenvalue weighted by Gasteiger charge is 2.15. The van der Waals surface area contributed by atoms with Gasteiger partial charge < -0.3 is 15.1 Å². The molecular formula is C31H38N4OS. The Morgan fingerprint density at radius 2 is 1.92 bits per heavy atom. The minimum Gasteiger partial charge on any atom is -0.356 e. The molecule has 6 heteroatoms. The topological polar surface area (TPSA) is 48.5 Å². The van der Waals surface area contributed by atoms with Gasteiger partial charge in [0.2, 0.25) is 5.91 Å².